The van der Waals surface area contributed by atoms with Crippen LogP contribution >= 0.6 is 15.9 Å². The lowest BCUT2D eigenvalue weighted by molar-refractivity contribution is 0.101. The minimum Gasteiger partial charge on any atom is -0.492 e. The van der Waals surface area contributed by atoms with Crippen molar-refractivity contribution in [2.75, 3.05) is 6.61 Å². The minimum absolute atomic E-state index is 0.0397. The molecular weight excluding hydrogens is 244 g/mol. The van der Waals surface area contributed by atoms with Gasteiger partial charge in [0.2, 0.25) is 0 Å². The summed E-state index contributed by atoms with van der Waals surface area (Å²) in [5.41, 5.74) is 1.70. The Hall–Kier alpha value is -0.830. The number of aryl methyl sites for hydroxylation is 1. The van der Waals surface area contributed by atoms with Crippen molar-refractivity contribution in [3.05, 3.63) is 27.7 Å². The van der Waals surface area contributed by atoms with Crippen molar-refractivity contribution in [3.63, 3.8) is 0 Å². The van der Waals surface area contributed by atoms with E-state index >= 15 is 0 Å². The van der Waals surface area contributed by atoms with Gasteiger partial charge in [0.1, 0.15) is 5.75 Å². The Morgan fingerprint density at radius 2 is 2.14 bits per heavy atom. The third kappa shape index (κ3) is 2.15. The first-order valence-electron chi connectivity index (χ1n) is 4.50. The molecule has 0 saturated heterocycles. The van der Waals surface area contributed by atoms with Gasteiger partial charge in [-0.25, -0.2) is 0 Å². The standard InChI is InChI=1S/C11H13BrO2/c1-4-14-11-7(2)5-6-9(8(3)13)10(11)12/h5-6H,4H2,1-3H3. The molecule has 0 N–H and O–H groups in total. The second kappa shape index (κ2) is 4.60. The maximum atomic E-state index is 11.2. The van der Waals surface area contributed by atoms with Crippen molar-refractivity contribution in [1.29, 1.82) is 0 Å². The molecule has 0 radical (unpaired) electrons. The largest absolute Gasteiger partial charge is 0.492 e. The first-order chi connectivity index (χ1) is 6.57. The summed E-state index contributed by atoms with van der Waals surface area (Å²) >= 11 is 3.39. The van der Waals surface area contributed by atoms with E-state index in [2.05, 4.69) is 15.9 Å². The fourth-order valence-electron chi connectivity index (χ4n) is 1.25. The first-order valence-corrected chi connectivity index (χ1v) is 5.30. The maximum Gasteiger partial charge on any atom is 0.161 e. The molecule has 0 saturated carbocycles. The third-order valence-corrected chi connectivity index (χ3v) is 2.75. The molecule has 2 nitrogen and oxygen atoms in total. The number of ether oxygens (including phenoxy) is 1. The molecular formula is C11H13BrO2. The van der Waals surface area contributed by atoms with E-state index in [1.165, 1.54) is 0 Å². The number of hydrogen-bond acceptors (Lipinski definition) is 2. The Balaban J connectivity index is 3.26. The van der Waals surface area contributed by atoms with Crippen molar-refractivity contribution >= 4 is 21.7 Å². The Morgan fingerprint density at radius 1 is 1.50 bits per heavy atom. The van der Waals surface area contributed by atoms with Gasteiger partial charge in [0.05, 0.1) is 11.1 Å². The van der Waals surface area contributed by atoms with Gasteiger partial charge in [-0.1, -0.05) is 6.07 Å². The van der Waals surface area contributed by atoms with Gasteiger partial charge >= 0.3 is 0 Å². The second-order valence-corrected chi connectivity index (χ2v) is 3.86. The van der Waals surface area contributed by atoms with Crippen molar-refractivity contribution in [3.8, 4) is 5.75 Å². The highest BCUT2D eigenvalue weighted by Crippen LogP contribution is 2.32. The number of carbonyl (C=O) groups is 1. The van der Waals surface area contributed by atoms with Crippen LogP contribution in [0.2, 0.25) is 0 Å². The SMILES string of the molecule is CCOc1c(C)ccc(C(C)=O)c1Br. The number of Topliss-reactive ketones (excluding diaryl/α,β-unsaturated/α-hetero) is 1. The van der Waals surface area contributed by atoms with Crippen molar-refractivity contribution in [1.82, 2.24) is 0 Å². The molecule has 0 heterocycles. The zero-order valence-corrected chi connectivity index (χ0v) is 10.1. The van der Waals surface area contributed by atoms with Crippen LogP contribution in [0.15, 0.2) is 16.6 Å². The molecule has 1 aromatic carbocycles. The van der Waals surface area contributed by atoms with Crippen LogP contribution in [0.5, 0.6) is 5.75 Å². The van der Waals surface area contributed by atoms with E-state index in [0.717, 1.165) is 15.8 Å². The summed E-state index contributed by atoms with van der Waals surface area (Å²) in [5.74, 6) is 0.804. The predicted octanol–water partition coefficient (Wildman–Crippen LogP) is 3.36. The lowest BCUT2D eigenvalue weighted by Crippen LogP contribution is -2.00. The lowest BCUT2D eigenvalue weighted by atomic mass is 10.1. The molecule has 0 amide bonds. The van der Waals surface area contributed by atoms with E-state index in [0.29, 0.717) is 12.2 Å². The molecule has 0 aliphatic rings. The molecule has 0 aliphatic carbocycles. The van der Waals surface area contributed by atoms with Crippen LogP contribution < -0.4 is 4.74 Å². The highest BCUT2D eigenvalue weighted by atomic mass is 79.9. The van der Waals surface area contributed by atoms with E-state index in [1.54, 1.807) is 6.92 Å². The topological polar surface area (TPSA) is 26.3 Å². The van der Waals surface area contributed by atoms with Gasteiger partial charge in [0.15, 0.2) is 5.78 Å². The summed E-state index contributed by atoms with van der Waals surface area (Å²) in [6.45, 7) is 6.03. The zero-order valence-electron chi connectivity index (χ0n) is 8.56. The number of carbonyl (C=O) groups excluding carboxylic acids is 1. The van der Waals surface area contributed by atoms with Crippen molar-refractivity contribution in [2.45, 2.75) is 20.8 Å². The van der Waals surface area contributed by atoms with Crippen LogP contribution in [-0.2, 0) is 0 Å². The average molecular weight is 257 g/mol. The van der Waals surface area contributed by atoms with Crippen LogP contribution in [0.4, 0.5) is 0 Å². The van der Waals surface area contributed by atoms with Crippen LogP contribution in [0.25, 0.3) is 0 Å². The average Bonchev–Trinajstić information content (AvgIpc) is 2.11. The molecule has 3 heteroatoms. The first kappa shape index (κ1) is 11.2. The quantitative estimate of drug-likeness (QED) is 0.776. The summed E-state index contributed by atoms with van der Waals surface area (Å²) < 4.78 is 6.22. The van der Waals surface area contributed by atoms with Crippen LogP contribution in [0.3, 0.4) is 0 Å². The van der Waals surface area contributed by atoms with Crippen LogP contribution in [0, 0.1) is 6.92 Å². The molecule has 0 atom stereocenters. The van der Waals surface area contributed by atoms with Crippen LogP contribution in [-0.4, -0.2) is 12.4 Å². The molecule has 0 aromatic heterocycles. The number of hydrogen-bond donors (Lipinski definition) is 0. The number of rotatable bonds is 3. The number of ketones is 1. The van der Waals surface area contributed by atoms with Gasteiger partial charge in [-0.15, -0.1) is 0 Å². The van der Waals surface area contributed by atoms with E-state index in [9.17, 15) is 4.79 Å². The Kier molecular flexibility index (Phi) is 3.69. The normalized spacial score (nSPS) is 10.0. The molecule has 1 rings (SSSR count). The van der Waals surface area contributed by atoms with Gasteiger partial charge in [-0.2, -0.15) is 0 Å². The van der Waals surface area contributed by atoms with E-state index < -0.39 is 0 Å². The number of halogens is 1. The molecule has 1 aromatic rings. The Morgan fingerprint density at radius 3 is 2.64 bits per heavy atom. The number of benzene rings is 1. The fourth-order valence-corrected chi connectivity index (χ4v) is 2.08. The second-order valence-electron chi connectivity index (χ2n) is 3.06. The molecule has 0 aliphatic heterocycles. The van der Waals surface area contributed by atoms with Gasteiger partial charge < -0.3 is 4.74 Å². The highest BCUT2D eigenvalue weighted by Gasteiger charge is 2.12. The van der Waals surface area contributed by atoms with Gasteiger partial charge in [0, 0.05) is 5.56 Å². The smallest absolute Gasteiger partial charge is 0.161 e. The summed E-state index contributed by atoms with van der Waals surface area (Å²) in [4.78, 5) is 11.2. The minimum atomic E-state index is 0.0397. The zero-order chi connectivity index (χ0) is 10.7. The Bertz CT molecular complexity index is 359. The molecule has 0 bridgehead atoms. The van der Waals surface area contributed by atoms with Gasteiger partial charge in [0.25, 0.3) is 0 Å². The summed E-state index contributed by atoms with van der Waals surface area (Å²) in [6.07, 6.45) is 0. The summed E-state index contributed by atoms with van der Waals surface area (Å²) in [6, 6.07) is 3.71. The fraction of sp³-hybridized carbons (Fsp3) is 0.364. The lowest BCUT2D eigenvalue weighted by Gasteiger charge is -2.11. The van der Waals surface area contributed by atoms with Crippen molar-refractivity contribution < 1.29 is 9.53 Å². The van der Waals surface area contributed by atoms with Gasteiger partial charge in [-0.3, -0.25) is 4.79 Å². The summed E-state index contributed by atoms with van der Waals surface area (Å²) in [5, 5.41) is 0. The maximum absolute atomic E-state index is 11.2. The highest BCUT2D eigenvalue weighted by molar-refractivity contribution is 9.10. The van der Waals surface area contributed by atoms with Gasteiger partial charge in [-0.05, 0) is 48.3 Å². The van der Waals surface area contributed by atoms with E-state index in [4.69, 9.17) is 4.74 Å². The van der Waals surface area contributed by atoms with E-state index in [-0.39, 0.29) is 5.78 Å². The summed E-state index contributed by atoms with van der Waals surface area (Å²) in [7, 11) is 0. The third-order valence-electron chi connectivity index (χ3n) is 1.96. The van der Waals surface area contributed by atoms with Crippen LogP contribution in [0.1, 0.15) is 29.8 Å². The molecule has 0 fully saturated rings. The molecule has 14 heavy (non-hydrogen) atoms. The molecule has 76 valence electrons. The monoisotopic (exact) mass is 256 g/mol. The van der Waals surface area contributed by atoms with Crippen molar-refractivity contribution in [2.24, 2.45) is 0 Å². The molecule has 0 spiro atoms. The molecule has 0 unspecified atom stereocenters. The predicted molar refractivity (Wildman–Crippen MR) is 60.1 cm³/mol. The van der Waals surface area contributed by atoms with E-state index in [1.807, 2.05) is 26.0 Å². The Labute approximate surface area is 92.4 Å².